The van der Waals surface area contributed by atoms with E-state index in [1.165, 1.54) is 40.9 Å². The van der Waals surface area contributed by atoms with Gasteiger partial charge in [0.1, 0.15) is 10.8 Å². The number of thiazole rings is 1. The number of carbonyl (C=O) groups is 1. The Balaban J connectivity index is 1.18. The molecule has 0 aliphatic heterocycles. The van der Waals surface area contributed by atoms with Gasteiger partial charge in [0, 0.05) is 24.2 Å². The molecular formula is C31H27N5O4S3. The number of carbonyl (C=O) groups excluding carboxylic acids is 1. The van der Waals surface area contributed by atoms with Gasteiger partial charge < -0.3 is 10.1 Å². The topological polar surface area (TPSA) is 120 Å². The maximum atomic E-state index is 12.5. The van der Waals surface area contributed by atoms with E-state index >= 15 is 0 Å². The van der Waals surface area contributed by atoms with Crippen molar-refractivity contribution < 1.29 is 14.5 Å². The third-order valence-corrected chi connectivity index (χ3v) is 9.16. The number of thioether (sulfide) groups is 1. The highest BCUT2D eigenvalue weighted by atomic mass is 32.2. The number of hydrogen-bond donors (Lipinski definition) is 1. The molecule has 3 aromatic carbocycles. The number of anilines is 1. The van der Waals surface area contributed by atoms with Gasteiger partial charge in [0.05, 0.1) is 38.1 Å². The van der Waals surface area contributed by atoms with Crippen molar-refractivity contribution in [2.45, 2.75) is 34.0 Å². The van der Waals surface area contributed by atoms with Crippen molar-refractivity contribution in [2.24, 2.45) is 4.99 Å². The maximum Gasteiger partial charge on any atom is 0.283 e. The number of nitrogens with one attached hydrogen (secondary N) is 1. The highest BCUT2D eigenvalue weighted by Gasteiger charge is 2.16. The van der Waals surface area contributed by atoms with Crippen LogP contribution in [0, 0.1) is 10.1 Å². The van der Waals surface area contributed by atoms with Crippen molar-refractivity contribution in [3.05, 3.63) is 101 Å². The molecule has 0 saturated carbocycles. The second-order valence-electron chi connectivity index (χ2n) is 9.21. The number of aromatic nitrogens is 2. The van der Waals surface area contributed by atoms with Crippen LogP contribution >= 0.6 is 34.9 Å². The van der Waals surface area contributed by atoms with Gasteiger partial charge in [-0.1, -0.05) is 49.0 Å². The number of hydrogen-bond acceptors (Lipinski definition) is 10. The molecule has 43 heavy (non-hydrogen) atoms. The van der Waals surface area contributed by atoms with Crippen molar-refractivity contribution in [1.82, 2.24) is 9.97 Å². The summed E-state index contributed by atoms with van der Waals surface area (Å²) in [4.78, 5) is 37.7. The Morgan fingerprint density at radius 3 is 2.74 bits per heavy atom. The van der Waals surface area contributed by atoms with E-state index in [1.807, 2.05) is 54.6 Å². The molecule has 2 heterocycles. The summed E-state index contributed by atoms with van der Waals surface area (Å²) in [6.45, 7) is 2.80. The van der Waals surface area contributed by atoms with E-state index in [2.05, 4.69) is 27.2 Å². The van der Waals surface area contributed by atoms with E-state index in [0.29, 0.717) is 33.5 Å². The average Bonchev–Trinajstić information content (AvgIpc) is 3.43. The number of amides is 1. The zero-order valence-electron chi connectivity index (χ0n) is 23.1. The highest BCUT2D eigenvalue weighted by molar-refractivity contribution is 8.01. The molecule has 9 nitrogen and oxygen atoms in total. The molecule has 0 fully saturated rings. The second-order valence-corrected chi connectivity index (χ2v) is 12.5. The van der Waals surface area contributed by atoms with E-state index in [-0.39, 0.29) is 17.3 Å². The number of aliphatic imine (C=N–C) groups is 1. The lowest BCUT2D eigenvalue weighted by Gasteiger charge is -2.07. The molecule has 0 saturated heterocycles. The first kappa shape index (κ1) is 30.2. The van der Waals surface area contributed by atoms with E-state index in [4.69, 9.17) is 4.74 Å². The second kappa shape index (κ2) is 14.8. The first-order valence-electron chi connectivity index (χ1n) is 13.4. The fourth-order valence-corrected chi connectivity index (χ4v) is 6.60. The van der Waals surface area contributed by atoms with Crippen LogP contribution in [0.4, 0.5) is 17.1 Å². The lowest BCUT2D eigenvalue weighted by Crippen LogP contribution is -2.13. The van der Waals surface area contributed by atoms with Gasteiger partial charge in [-0.3, -0.25) is 19.9 Å². The van der Waals surface area contributed by atoms with Crippen LogP contribution in [0.5, 0.6) is 5.75 Å². The fraction of sp³-hybridized carbons (Fsp3) is 0.161. The van der Waals surface area contributed by atoms with E-state index in [9.17, 15) is 14.9 Å². The van der Waals surface area contributed by atoms with Crippen LogP contribution in [-0.2, 0) is 4.79 Å². The molecule has 0 radical (unpaired) electrons. The summed E-state index contributed by atoms with van der Waals surface area (Å²) in [6, 6.07) is 23.5. The first-order valence-corrected chi connectivity index (χ1v) is 16.1. The number of benzene rings is 3. The van der Waals surface area contributed by atoms with Crippen LogP contribution in [-0.4, -0.2) is 39.4 Å². The monoisotopic (exact) mass is 629 g/mol. The Hall–Kier alpha value is -4.26. The predicted molar refractivity (Wildman–Crippen MR) is 175 cm³/mol. The molecule has 0 spiro atoms. The molecule has 12 heteroatoms. The number of nitro benzene ring substituents is 1. The van der Waals surface area contributed by atoms with Gasteiger partial charge in [0.15, 0.2) is 4.34 Å². The molecule has 0 atom stereocenters. The highest BCUT2D eigenvalue weighted by Crippen LogP contribution is 2.35. The molecule has 0 unspecified atom stereocenters. The summed E-state index contributed by atoms with van der Waals surface area (Å²) in [5.74, 6) is 0.897. The molecule has 5 rings (SSSR count). The maximum absolute atomic E-state index is 12.5. The Kier molecular flexibility index (Phi) is 10.4. The van der Waals surface area contributed by atoms with E-state index in [1.54, 1.807) is 30.6 Å². The summed E-state index contributed by atoms with van der Waals surface area (Å²) < 4.78 is 7.38. The third kappa shape index (κ3) is 8.63. The Labute approximate surface area is 261 Å². The van der Waals surface area contributed by atoms with Crippen LogP contribution < -0.4 is 10.1 Å². The summed E-state index contributed by atoms with van der Waals surface area (Å²) >= 11 is 4.10. The molecule has 218 valence electrons. The van der Waals surface area contributed by atoms with Crippen LogP contribution in [0.25, 0.3) is 10.2 Å². The van der Waals surface area contributed by atoms with Gasteiger partial charge in [0.25, 0.3) is 5.69 Å². The van der Waals surface area contributed by atoms with Crippen LogP contribution in [0.2, 0.25) is 0 Å². The van der Waals surface area contributed by atoms with Gasteiger partial charge in [-0.05, 0) is 72.6 Å². The number of unbranched alkanes of at least 4 members (excludes halogenated alkanes) is 1. The zero-order valence-corrected chi connectivity index (χ0v) is 25.6. The van der Waals surface area contributed by atoms with Crippen molar-refractivity contribution in [2.75, 3.05) is 17.7 Å². The van der Waals surface area contributed by atoms with Crippen molar-refractivity contribution in [3.63, 3.8) is 0 Å². The summed E-state index contributed by atoms with van der Waals surface area (Å²) in [5.41, 5.74) is 2.84. The molecule has 0 bridgehead atoms. The summed E-state index contributed by atoms with van der Waals surface area (Å²) in [7, 11) is 0. The molecular weight excluding hydrogens is 603 g/mol. The van der Waals surface area contributed by atoms with Crippen molar-refractivity contribution in [3.8, 4) is 5.75 Å². The lowest BCUT2D eigenvalue weighted by atomic mass is 10.2. The van der Waals surface area contributed by atoms with E-state index in [0.717, 1.165) is 33.1 Å². The SMILES string of the molecule is CCCCOc1ccc(NC(=O)CSc2nc3ccc(N=Cc4ccc(Sc5ccccn5)c([N+](=O)[O-])c4)cc3s2)cc1. The van der Waals surface area contributed by atoms with Crippen LogP contribution in [0.1, 0.15) is 25.3 Å². The van der Waals surface area contributed by atoms with Gasteiger partial charge in [-0.15, -0.1) is 11.3 Å². The number of fused-ring (bicyclic) bond motifs is 1. The van der Waals surface area contributed by atoms with Crippen molar-refractivity contribution >= 4 is 74.3 Å². The molecule has 2 aromatic heterocycles. The zero-order chi connectivity index (χ0) is 30.0. The Morgan fingerprint density at radius 1 is 1.12 bits per heavy atom. The minimum absolute atomic E-state index is 0.00310. The standard InChI is InChI=1S/C31H27N5O4S3/c1-2-3-16-40-24-11-8-22(9-12-24)34-29(37)20-41-31-35-25-13-10-23(18-28(25)43-31)33-19-21-7-14-27(26(17-21)36(38)39)42-30-6-4-5-15-32-30/h4-15,17-19H,2-3,16,20H2,1H3,(H,34,37). The molecule has 5 aromatic rings. The number of nitrogens with zero attached hydrogens (tertiary/aromatic N) is 4. The minimum atomic E-state index is -0.397. The summed E-state index contributed by atoms with van der Waals surface area (Å²) in [6.07, 6.45) is 5.34. The van der Waals surface area contributed by atoms with Crippen LogP contribution in [0.15, 0.2) is 104 Å². The minimum Gasteiger partial charge on any atom is -0.494 e. The van der Waals surface area contributed by atoms with Gasteiger partial charge in [0.2, 0.25) is 5.91 Å². The first-order chi connectivity index (χ1) is 21.0. The normalized spacial score (nSPS) is 11.2. The van der Waals surface area contributed by atoms with Crippen molar-refractivity contribution in [1.29, 1.82) is 0 Å². The average molecular weight is 630 g/mol. The molecule has 1 N–H and O–H groups in total. The van der Waals surface area contributed by atoms with Gasteiger partial charge in [-0.25, -0.2) is 9.97 Å². The largest absolute Gasteiger partial charge is 0.494 e. The van der Waals surface area contributed by atoms with E-state index < -0.39 is 4.92 Å². The smallest absolute Gasteiger partial charge is 0.283 e. The number of pyridine rings is 1. The Bertz CT molecular complexity index is 1740. The fourth-order valence-electron chi connectivity index (χ4n) is 3.84. The lowest BCUT2D eigenvalue weighted by molar-refractivity contribution is -0.387. The van der Waals surface area contributed by atoms with Gasteiger partial charge in [-0.2, -0.15) is 0 Å². The van der Waals surface area contributed by atoms with Crippen LogP contribution in [0.3, 0.4) is 0 Å². The number of rotatable bonds is 13. The summed E-state index contributed by atoms with van der Waals surface area (Å²) in [5, 5.41) is 15.3. The molecule has 0 aliphatic carbocycles. The number of nitro groups is 1. The van der Waals surface area contributed by atoms with Gasteiger partial charge >= 0.3 is 0 Å². The Morgan fingerprint density at radius 2 is 1.98 bits per heavy atom. The predicted octanol–water partition coefficient (Wildman–Crippen LogP) is 8.41. The third-order valence-electron chi connectivity index (χ3n) is 5.98. The molecule has 0 aliphatic rings. The number of ether oxygens (including phenoxy) is 1. The quantitative estimate of drug-likeness (QED) is 0.0453. The molecule has 1 amide bonds.